The van der Waals surface area contributed by atoms with Crippen molar-refractivity contribution < 1.29 is 4.74 Å². The van der Waals surface area contributed by atoms with E-state index in [4.69, 9.17) is 4.74 Å². The maximum Gasteiger partial charge on any atom is 0.119 e. The molecule has 0 amide bonds. The van der Waals surface area contributed by atoms with E-state index in [0.717, 1.165) is 32.0 Å². The number of rotatable bonds is 5. The van der Waals surface area contributed by atoms with Gasteiger partial charge in [-0.15, -0.1) is 0 Å². The summed E-state index contributed by atoms with van der Waals surface area (Å²) in [4.78, 5) is 2.17. The first-order valence-electron chi connectivity index (χ1n) is 6.81. The van der Waals surface area contributed by atoms with E-state index in [1.54, 1.807) is 0 Å². The van der Waals surface area contributed by atoms with Crippen LogP contribution in [0.1, 0.15) is 18.4 Å². The van der Waals surface area contributed by atoms with Gasteiger partial charge >= 0.3 is 0 Å². The number of hydrogen-bond acceptors (Lipinski definition) is 3. The van der Waals surface area contributed by atoms with E-state index in [0.29, 0.717) is 5.92 Å². The van der Waals surface area contributed by atoms with Crippen molar-refractivity contribution in [1.29, 1.82) is 0 Å². The Morgan fingerprint density at radius 2 is 2.06 bits per heavy atom. The molecule has 100 valence electrons. The van der Waals surface area contributed by atoms with Crippen molar-refractivity contribution in [2.24, 2.45) is 5.92 Å². The molecule has 0 bridgehead atoms. The second-order valence-electron chi connectivity index (χ2n) is 5.39. The maximum absolute atomic E-state index is 5.92. The molecule has 1 heterocycles. The largest absolute Gasteiger partial charge is 0.493 e. The van der Waals surface area contributed by atoms with Gasteiger partial charge in [-0.25, -0.2) is 0 Å². The van der Waals surface area contributed by atoms with Crippen molar-refractivity contribution in [3.05, 3.63) is 29.8 Å². The molecule has 1 N–H and O–H groups in total. The summed E-state index contributed by atoms with van der Waals surface area (Å²) in [5.41, 5.74) is 1.31. The first kappa shape index (κ1) is 13.4. The third-order valence-corrected chi connectivity index (χ3v) is 3.34. The highest BCUT2D eigenvalue weighted by Gasteiger charge is 2.13. The zero-order chi connectivity index (χ0) is 12.8. The standard InChI is InChI=1S/C15H24N2O/c1-17(2)11-14-4-3-5-15(10-14)18-12-13-6-8-16-9-7-13/h3-5,10,13,16H,6-9,11-12H2,1-2H3. The molecule has 1 aliphatic rings. The van der Waals surface area contributed by atoms with E-state index in [-0.39, 0.29) is 0 Å². The van der Waals surface area contributed by atoms with Crippen LogP contribution in [0, 0.1) is 5.92 Å². The molecule has 0 aromatic heterocycles. The Kier molecular flexibility index (Phi) is 5.02. The van der Waals surface area contributed by atoms with Crippen LogP contribution in [0.25, 0.3) is 0 Å². The van der Waals surface area contributed by atoms with Crippen LogP contribution >= 0.6 is 0 Å². The Morgan fingerprint density at radius 3 is 2.78 bits per heavy atom. The molecular weight excluding hydrogens is 224 g/mol. The molecule has 1 fully saturated rings. The van der Waals surface area contributed by atoms with Gasteiger partial charge in [0.05, 0.1) is 6.61 Å². The van der Waals surface area contributed by atoms with Gasteiger partial charge in [-0.3, -0.25) is 0 Å². The summed E-state index contributed by atoms with van der Waals surface area (Å²) < 4.78 is 5.92. The van der Waals surface area contributed by atoms with Crippen molar-refractivity contribution in [1.82, 2.24) is 10.2 Å². The summed E-state index contributed by atoms with van der Waals surface area (Å²) in [6, 6.07) is 8.44. The highest BCUT2D eigenvalue weighted by atomic mass is 16.5. The number of nitrogens with zero attached hydrogens (tertiary/aromatic N) is 1. The molecule has 0 unspecified atom stereocenters. The van der Waals surface area contributed by atoms with E-state index in [1.807, 2.05) is 0 Å². The molecule has 1 aromatic rings. The lowest BCUT2D eigenvalue weighted by atomic mass is 9.99. The summed E-state index contributed by atoms with van der Waals surface area (Å²) >= 11 is 0. The SMILES string of the molecule is CN(C)Cc1cccc(OCC2CCNCC2)c1. The first-order chi connectivity index (χ1) is 8.74. The number of nitrogens with one attached hydrogen (secondary N) is 1. The summed E-state index contributed by atoms with van der Waals surface area (Å²) in [6.45, 7) is 4.08. The molecule has 0 saturated carbocycles. The Bertz CT molecular complexity index is 359. The Hall–Kier alpha value is -1.06. The fourth-order valence-electron chi connectivity index (χ4n) is 2.36. The molecule has 3 heteroatoms. The van der Waals surface area contributed by atoms with E-state index in [1.165, 1.54) is 18.4 Å². The van der Waals surface area contributed by atoms with Crippen molar-refractivity contribution in [2.75, 3.05) is 33.8 Å². The molecule has 1 aliphatic heterocycles. The molecule has 3 nitrogen and oxygen atoms in total. The molecule has 0 spiro atoms. The third kappa shape index (κ3) is 4.31. The minimum Gasteiger partial charge on any atom is -0.493 e. The molecular formula is C15H24N2O. The van der Waals surface area contributed by atoms with Gasteiger partial charge in [0.2, 0.25) is 0 Å². The van der Waals surface area contributed by atoms with E-state index < -0.39 is 0 Å². The highest BCUT2D eigenvalue weighted by molar-refractivity contribution is 5.28. The highest BCUT2D eigenvalue weighted by Crippen LogP contribution is 2.18. The minimum absolute atomic E-state index is 0.712. The van der Waals surface area contributed by atoms with Crippen LogP contribution in [-0.4, -0.2) is 38.7 Å². The second-order valence-corrected chi connectivity index (χ2v) is 5.39. The molecule has 0 radical (unpaired) electrons. The molecule has 2 rings (SSSR count). The van der Waals surface area contributed by atoms with Crippen molar-refractivity contribution in [3.63, 3.8) is 0 Å². The lowest BCUT2D eigenvalue weighted by Gasteiger charge is -2.22. The van der Waals surface area contributed by atoms with Gasteiger partial charge in [-0.2, -0.15) is 0 Å². The maximum atomic E-state index is 5.92. The smallest absolute Gasteiger partial charge is 0.119 e. The molecule has 18 heavy (non-hydrogen) atoms. The summed E-state index contributed by atoms with van der Waals surface area (Å²) in [7, 11) is 4.17. The van der Waals surface area contributed by atoms with Gasteiger partial charge in [-0.05, 0) is 63.6 Å². The van der Waals surface area contributed by atoms with E-state index in [2.05, 4.69) is 48.6 Å². The van der Waals surface area contributed by atoms with Gasteiger partial charge in [0.15, 0.2) is 0 Å². The van der Waals surface area contributed by atoms with E-state index >= 15 is 0 Å². The van der Waals surface area contributed by atoms with Gasteiger partial charge < -0.3 is 15.0 Å². The van der Waals surface area contributed by atoms with Gasteiger partial charge in [0.25, 0.3) is 0 Å². The third-order valence-electron chi connectivity index (χ3n) is 3.34. The molecule has 1 aromatic carbocycles. The quantitative estimate of drug-likeness (QED) is 0.864. The predicted octanol–water partition coefficient (Wildman–Crippen LogP) is 2.13. The monoisotopic (exact) mass is 248 g/mol. The van der Waals surface area contributed by atoms with Crippen molar-refractivity contribution >= 4 is 0 Å². The van der Waals surface area contributed by atoms with Crippen LogP contribution in [0.15, 0.2) is 24.3 Å². The molecule has 1 saturated heterocycles. The van der Waals surface area contributed by atoms with Gasteiger partial charge in [-0.1, -0.05) is 12.1 Å². The first-order valence-corrected chi connectivity index (χ1v) is 6.81. The van der Waals surface area contributed by atoms with Gasteiger partial charge in [0, 0.05) is 6.54 Å². The Labute approximate surface area is 110 Å². The Morgan fingerprint density at radius 1 is 1.28 bits per heavy atom. The number of ether oxygens (including phenoxy) is 1. The zero-order valence-corrected chi connectivity index (χ0v) is 11.5. The fraction of sp³-hybridized carbons (Fsp3) is 0.600. The second kappa shape index (κ2) is 6.76. The number of piperidine rings is 1. The Balaban J connectivity index is 1.84. The van der Waals surface area contributed by atoms with Crippen molar-refractivity contribution in [3.8, 4) is 5.75 Å². The van der Waals surface area contributed by atoms with Crippen LogP contribution in [-0.2, 0) is 6.54 Å². The summed E-state index contributed by atoms with van der Waals surface area (Å²) in [6.07, 6.45) is 2.47. The van der Waals surface area contributed by atoms with Crippen LogP contribution < -0.4 is 10.1 Å². The topological polar surface area (TPSA) is 24.5 Å². The number of benzene rings is 1. The zero-order valence-electron chi connectivity index (χ0n) is 11.5. The summed E-state index contributed by atoms with van der Waals surface area (Å²) in [5, 5.41) is 3.38. The lowest BCUT2D eigenvalue weighted by Crippen LogP contribution is -2.30. The fourth-order valence-corrected chi connectivity index (χ4v) is 2.36. The minimum atomic E-state index is 0.712. The lowest BCUT2D eigenvalue weighted by molar-refractivity contribution is 0.215. The summed E-state index contributed by atoms with van der Waals surface area (Å²) in [5.74, 6) is 1.72. The molecule has 0 atom stereocenters. The number of hydrogen-bond donors (Lipinski definition) is 1. The average molecular weight is 248 g/mol. The molecule has 0 aliphatic carbocycles. The van der Waals surface area contributed by atoms with Crippen LogP contribution in [0.4, 0.5) is 0 Å². The predicted molar refractivity (Wildman–Crippen MR) is 74.9 cm³/mol. The van der Waals surface area contributed by atoms with Crippen molar-refractivity contribution in [2.45, 2.75) is 19.4 Å². The van der Waals surface area contributed by atoms with Crippen LogP contribution in [0.2, 0.25) is 0 Å². The van der Waals surface area contributed by atoms with Crippen LogP contribution in [0.3, 0.4) is 0 Å². The van der Waals surface area contributed by atoms with E-state index in [9.17, 15) is 0 Å². The van der Waals surface area contributed by atoms with Gasteiger partial charge in [0.1, 0.15) is 5.75 Å². The average Bonchev–Trinajstić information content (AvgIpc) is 2.37. The van der Waals surface area contributed by atoms with Crippen LogP contribution in [0.5, 0.6) is 5.75 Å². The normalized spacial score (nSPS) is 17.1.